The summed E-state index contributed by atoms with van der Waals surface area (Å²) < 4.78 is 0. The van der Waals surface area contributed by atoms with Gasteiger partial charge in [0.05, 0.1) is 0 Å². The van der Waals surface area contributed by atoms with Crippen LogP contribution in [0.3, 0.4) is 0 Å². The Bertz CT molecular complexity index is 1190. The van der Waals surface area contributed by atoms with Gasteiger partial charge < -0.3 is 5.32 Å². The Morgan fingerprint density at radius 3 is 2.07 bits per heavy atom. The quantitative estimate of drug-likeness (QED) is 0.531. The van der Waals surface area contributed by atoms with Crippen molar-refractivity contribution >= 4 is 22.4 Å². The molecule has 1 N–H and O–H groups in total. The lowest BCUT2D eigenvalue weighted by Gasteiger charge is -2.15. The Balaban J connectivity index is 1.44. The van der Waals surface area contributed by atoms with E-state index in [1.165, 1.54) is 21.9 Å². The summed E-state index contributed by atoms with van der Waals surface area (Å²) in [5, 5.41) is 5.76. The molecule has 0 atom stereocenters. The minimum atomic E-state index is 0.537. The lowest BCUT2D eigenvalue weighted by Crippen LogP contribution is -2.30. The first-order chi connectivity index (χ1) is 13.9. The zero-order valence-electron chi connectivity index (χ0n) is 15.3. The first-order valence-electron chi connectivity index (χ1n) is 9.39. The number of rotatable bonds is 3. The van der Waals surface area contributed by atoms with Gasteiger partial charge in [-0.3, -0.25) is 0 Å². The number of fused-ring (bicyclic) bond motifs is 1. The number of hydrogen-bond acceptors (Lipinski definition) is 3. The molecule has 5 rings (SSSR count). The number of benzene rings is 4. The monoisotopic (exact) mass is 361 g/mol. The van der Waals surface area contributed by atoms with E-state index in [-0.39, 0.29) is 0 Å². The summed E-state index contributed by atoms with van der Waals surface area (Å²) in [6.45, 7) is 0.537. The fourth-order valence-corrected chi connectivity index (χ4v) is 3.47. The van der Waals surface area contributed by atoms with Crippen molar-refractivity contribution < 1.29 is 0 Å². The summed E-state index contributed by atoms with van der Waals surface area (Å²) in [5.74, 6) is 1.63. The molecule has 3 heteroatoms. The van der Waals surface area contributed by atoms with Crippen LogP contribution in [0.15, 0.2) is 107 Å². The molecule has 1 aliphatic rings. The minimum absolute atomic E-state index is 0.537. The van der Waals surface area contributed by atoms with Crippen LogP contribution in [0.4, 0.5) is 0 Å². The summed E-state index contributed by atoms with van der Waals surface area (Å²) in [6, 6.07) is 33.6. The van der Waals surface area contributed by atoms with E-state index in [4.69, 9.17) is 4.99 Å². The average Bonchev–Trinajstić information content (AvgIpc) is 2.79. The summed E-state index contributed by atoms with van der Waals surface area (Å²) in [6.07, 6.45) is 0. The van der Waals surface area contributed by atoms with Crippen LogP contribution >= 0.6 is 0 Å². The summed E-state index contributed by atoms with van der Waals surface area (Å²) in [4.78, 5) is 9.26. The Morgan fingerprint density at radius 1 is 0.571 bits per heavy atom. The predicted octanol–water partition coefficient (Wildman–Crippen LogP) is 5.26. The number of aliphatic imine (C=N–C) groups is 2. The van der Waals surface area contributed by atoms with Crippen molar-refractivity contribution in [2.24, 2.45) is 9.98 Å². The molecule has 134 valence electrons. The van der Waals surface area contributed by atoms with Gasteiger partial charge in [0.1, 0.15) is 12.5 Å². The van der Waals surface area contributed by atoms with Crippen LogP contribution < -0.4 is 5.32 Å². The van der Waals surface area contributed by atoms with E-state index in [1.807, 2.05) is 18.2 Å². The van der Waals surface area contributed by atoms with E-state index in [9.17, 15) is 0 Å². The minimum Gasteiger partial charge on any atom is -0.350 e. The fraction of sp³-hybridized carbons (Fsp3) is 0.0400. The van der Waals surface area contributed by atoms with Crippen molar-refractivity contribution in [1.82, 2.24) is 5.32 Å². The fourth-order valence-electron chi connectivity index (χ4n) is 3.47. The number of nitrogens with one attached hydrogen (secondary N) is 1. The smallest absolute Gasteiger partial charge is 0.158 e. The lowest BCUT2D eigenvalue weighted by molar-refractivity contribution is 0.907. The maximum atomic E-state index is 4.72. The Labute approximate surface area is 164 Å². The SMILES string of the molecule is c1ccc(C2=NC(c3ccc(-c4ccc5ccccc5c4)cc3)=NCN2)cc1. The van der Waals surface area contributed by atoms with E-state index >= 15 is 0 Å². The van der Waals surface area contributed by atoms with E-state index in [1.54, 1.807) is 0 Å². The molecule has 1 heterocycles. The van der Waals surface area contributed by atoms with Gasteiger partial charge in [0.2, 0.25) is 0 Å². The highest BCUT2D eigenvalue weighted by atomic mass is 15.2. The summed E-state index contributed by atoms with van der Waals surface area (Å²) >= 11 is 0. The van der Waals surface area contributed by atoms with Crippen LogP contribution in [0.5, 0.6) is 0 Å². The maximum Gasteiger partial charge on any atom is 0.158 e. The van der Waals surface area contributed by atoms with Crippen LogP contribution in [-0.2, 0) is 0 Å². The van der Waals surface area contributed by atoms with Gasteiger partial charge in [-0.1, -0.05) is 91.0 Å². The van der Waals surface area contributed by atoms with Crippen LogP contribution in [-0.4, -0.2) is 18.3 Å². The molecule has 0 unspecified atom stereocenters. The lowest BCUT2D eigenvalue weighted by atomic mass is 10.00. The molecular weight excluding hydrogens is 342 g/mol. The van der Waals surface area contributed by atoms with E-state index < -0.39 is 0 Å². The van der Waals surface area contributed by atoms with Gasteiger partial charge in [-0.15, -0.1) is 0 Å². The molecule has 0 spiro atoms. The zero-order valence-corrected chi connectivity index (χ0v) is 15.3. The van der Waals surface area contributed by atoms with Gasteiger partial charge in [0, 0.05) is 11.1 Å². The van der Waals surface area contributed by atoms with Gasteiger partial charge in [0.25, 0.3) is 0 Å². The third-order valence-electron chi connectivity index (χ3n) is 4.97. The van der Waals surface area contributed by atoms with Crippen molar-refractivity contribution in [3.63, 3.8) is 0 Å². The predicted molar refractivity (Wildman–Crippen MR) is 117 cm³/mol. The molecule has 0 saturated heterocycles. The number of nitrogens with zero attached hydrogens (tertiary/aromatic N) is 2. The first kappa shape index (κ1) is 16.5. The van der Waals surface area contributed by atoms with Gasteiger partial charge in [0.15, 0.2) is 5.84 Å². The van der Waals surface area contributed by atoms with E-state index in [0.29, 0.717) is 6.67 Å². The van der Waals surface area contributed by atoms with Crippen LogP contribution in [0.2, 0.25) is 0 Å². The second-order valence-corrected chi connectivity index (χ2v) is 6.78. The third kappa shape index (κ3) is 3.19. The number of amidine groups is 2. The van der Waals surface area contributed by atoms with E-state index in [2.05, 4.69) is 89.2 Å². The van der Waals surface area contributed by atoms with Gasteiger partial charge >= 0.3 is 0 Å². The Morgan fingerprint density at radius 2 is 1.25 bits per heavy atom. The van der Waals surface area contributed by atoms with Crippen LogP contribution in [0, 0.1) is 0 Å². The van der Waals surface area contributed by atoms with Gasteiger partial charge in [-0.2, -0.15) is 0 Å². The molecule has 28 heavy (non-hydrogen) atoms. The average molecular weight is 361 g/mol. The second kappa shape index (κ2) is 7.12. The normalized spacial score (nSPS) is 13.6. The molecule has 0 fully saturated rings. The van der Waals surface area contributed by atoms with Crippen molar-refractivity contribution in [2.75, 3.05) is 6.67 Å². The molecule has 1 aliphatic heterocycles. The summed E-state index contributed by atoms with van der Waals surface area (Å²) in [5.41, 5.74) is 4.50. The zero-order chi connectivity index (χ0) is 18.8. The largest absolute Gasteiger partial charge is 0.350 e. The highest BCUT2D eigenvalue weighted by Gasteiger charge is 2.11. The Kier molecular flexibility index (Phi) is 4.19. The molecule has 0 bridgehead atoms. The molecule has 0 aromatic heterocycles. The van der Waals surface area contributed by atoms with E-state index in [0.717, 1.165) is 22.8 Å². The molecule has 4 aromatic carbocycles. The first-order valence-corrected chi connectivity index (χ1v) is 9.39. The van der Waals surface area contributed by atoms with Crippen molar-refractivity contribution in [2.45, 2.75) is 0 Å². The molecular formula is C25H19N3. The number of hydrogen-bond donors (Lipinski definition) is 1. The van der Waals surface area contributed by atoms with Crippen LogP contribution in [0.1, 0.15) is 11.1 Å². The third-order valence-corrected chi connectivity index (χ3v) is 4.97. The second-order valence-electron chi connectivity index (χ2n) is 6.78. The van der Waals surface area contributed by atoms with Gasteiger partial charge in [-0.05, 0) is 28.0 Å². The molecule has 0 amide bonds. The summed E-state index contributed by atoms with van der Waals surface area (Å²) in [7, 11) is 0. The standard InChI is InChI=1S/C25H19N3/c1-2-7-20(8-3-1)24-26-17-27-25(28-24)21-13-10-19(11-14-21)23-15-12-18-6-4-5-9-22(18)16-23/h1-16H,17H2,(H,26,27,28). The molecule has 4 aromatic rings. The van der Waals surface area contributed by atoms with Gasteiger partial charge in [-0.25, -0.2) is 9.98 Å². The topological polar surface area (TPSA) is 36.8 Å². The van der Waals surface area contributed by atoms with Crippen molar-refractivity contribution in [3.05, 3.63) is 108 Å². The maximum absolute atomic E-state index is 4.72. The highest BCUT2D eigenvalue weighted by molar-refractivity contribution is 6.12. The van der Waals surface area contributed by atoms with Crippen molar-refractivity contribution in [1.29, 1.82) is 0 Å². The highest BCUT2D eigenvalue weighted by Crippen LogP contribution is 2.25. The molecule has 0 aliphatic carbocycles. The molecule has 3 nitrogen and oxygen atoms in total. The molecule has 0 saturated carbocycles. The Hall–Kier alpha value is -3.72. The van der Waals surface area contributed by atoms with Crippen molar-refractivity contribution in [3.8, 4) is 11.1 Å². The van der Waals surface area contributed by atoms with Crippen LogP contribution in [0.25, 0.3) is 21.9 Å². The molecule has 0 radical (unpaired) electrons.